The highest BCUT2D eigenvalue weighted by molar-refractivity contribution is 6.16. The molecule has 9 nitrogen and oxygen atoms in total. The summed E-state index contributed by atoms with van der Waals surface area (Å²) in [4.78, 5) is 11.2. The van der Waals surface area contributed by atoms with Crippen molar-refractivity contribution in [1.82, 2.24) is 15.2 Å². The number of morpholine rings is 1. The normalized spacial score (nSPS) is 16.1. The average molecular weight is 546 g/mol. The third-order valence-corrected chi connectivity index (χ3v) is 6.20. The Bertz CT molecular complexity index is 1390. The molecule has 210 valence electrons. The molecule has 2 N–H and O–H groups in total. The Balaban J connectivity index is 0.000000174. The number of pyridine rings is 1. The fourth-order valence-corrected chi connectivity index (χ4v) is 4.34. The minimum Gasteiger partial charge on any atom is -0.403 e. The molecule has 2 aromatic heterocycles. The number of anilines is 3. The summed E-state index contributed by atoms with van der Waals surface area (Å²) in [5.41, 5.74) is 4.10. The fourth-order valence-electron chi connectivity index (χ4n) is 4.34. The number of ether oxygens (including phenoxy) is 1. The molecule has 0 radical (unpaired) electrons. The van der Waals surface area contributed by atoms with Crippen LogP contribution < -0.4 is 15.5 Å². The first-order chi connectivity index (χ1) is 19.6. The molecule has 2 aliphatic heterocycles. The van der Waals surface area contributed by atoms with Gasteiger partial charge < -0.3 is 24.7 Å². The van der Waals surface area contributed by atoms with Gasteiger partial charge in [-0.05, 0) is 25.1 Å². The second kappa shape index (κ2) is 14.2. The number of aromatic nitrogens is 3. The molecule has 0 saturated carbocycles. The molecule has 6 rings (SSSR count). The molecule has 0 spiro atoms. The predicted octanol–water partition coefficient (Wildman–Crippen LogP) is 5.51. The molecule has 4 heterocycles. The Morgan fingerprint density at radius 1 is 0.950 bits per heavy atom. The summed E-state index contributed by atoms with van der Waals surface area (Å²) in [7, 11) is 1.74. The highest BCUT2D eigenvalue weighted by Gasteiger charge is 2.21. The van der Waals surface area contributed by atoms with Crippen molar-refractivity contribution in [2.24, 2.45) is 4.99 Å². The standard InChI is InChI=1S/C16H15FN2.C12H15N5O2.C2H6/c1-11-10-18-15(12-6-3-2-4-7-12)13-8-5-9-14(17)16(13)19-11;1-13-12-16-15-11(19-12)9-3-2-4-14-10(9)17-5-7-18-8-6-17;1-2/h2-9,11,19H,10H2,1H3;2-4H,5-8H2,1H3,(H,13,16);1-2H3. The number of para-hydroxylation sites is 1. The van der Waals surface area contributed by atoms with Crippen molar-refractivity contribution < 1.29 is 13.5 Å². The first-order valence-corrected chi connectivity index (χ1v) is 13.6. The van der Waals surface area contributed by atoms with Crippen LogP contribution in [0.2, 0.25) is 0 Å². The van der Waals surface area contributed by atoms with Gasteiger partial charge >= 0.3 is 6.01 Å². The lowest BCUT2D eigenvalue weighted by Gasteiger charge is -2.28. The summed E-state index contributed by atoms with van der Waals surface area (Å²) in [5.74, 6) is 1.10. The van der Waals surface area contributed by atoms with E-state index in [1.807, 2.05) is 69.3 Å². The Morgan fingerprint density at radius 3 is 2.42 bits per heavy atom. The second-order valence-electron chi connectivity index (χ2n) is 8.90. The predicted molar refractivity (Wildman–Crippen MR) is 158 cm³/mol. The number of nitrogens with one attached hydrogen (secondary N) is 2. The molecule has 0 amide bonds. The van der Waals surface area contributed by atoms with Gasteiger partial charge in [-0.1, -0.05) is 61.4 Å². The van der Waals surface area contributed by atoms with Crippen LogP contribution in [-0.4, -0.2) is 66.8 Å². The molecule has 0 aliphatic carbocycles. The molecule has 1 unspecified atom stereocenters. The second-order valence-corrected chi connectivity index (χ2v) is 8.90. The lowest BCUT2D eigenvalue weighted by molar-refractivity contribution is 0.122. The van der Waals surface area contributed by atoms with E-state index in [4.69, 9.17) is 9.15 Å². The quantitative estimate of drug-likeness (QED) is 0.346. The van der Waals surface area contributed by atoms with E-state index < -0.39 is 0 Å². The van der Waals surface area contributed by atoms with Crippen molar-refractivity contribution >= 4 is 23.2 Å². The van der Waals surface area contributed by atoms with Gasteiger partial charge in [0, 0.05) is 43.5 Å². The summed E-state index contributed by atoms with van der Waals surface area (Å²) >= 11 is 0. The van der Waals surface area contributed by atoms with E-state index in [9.17, 15) is 4.39 Å². The number of hydrogen-bond donors (Lipinski definition) is 2. The van der Waals surface area contributed by atoms with Gasteiger partial charge in [0.1, 0.15) is 11.6 Å². The van der Waals surface area contributed by atoms with Crippen molar-refractivity contribution in [3.8, 4) is 11.5 Å². The zero-order valence-electron chi connectivity index (χ0n) is 23.4. The minimum atomic E-state index is -0.227. The smallest absolute Gasteiger partial charge is 0.315 e. The van der Waals surface area contributed by atoms with E-state index in [-0.39, 0.29) is 11.9 Å². The Labute approximate surface area is 234 Å². The van der Waals surface area contributed by atoms with Crippen LogP contribution in [0.5, 0.6) is 0 Å². The zero-order chi connectivity index (χ0) is 28.3. The van der Waals surface area contributed by atoms with E-state index in [1.54, 1.807) is 19.3 Å². The number of hydrogen-bond acceptors (Lipinski definition) is 9. The largest absolute Gasteiger partial charge is 0.403 e. The third kappa shape index (κ3) is 6.81. The van der Waals surface area contributed by atoms with Gasteiger partial charge in [0.2, 0.25) is 0 Å². The highest BCUT2D eigenvalue weighted by atomic mass is 19.1. The summed E-state index contributed by atoms with van der Waals surface area (Å²) in [5, 5.41) is 14.0. The molecule has 2 aliphatic rings. The molecular formula is C30H36FN7O2. The van der Waals surface area contributed by atoms with Crippen LogP contribution >= 0.6 is 0 Å². The number of rotatable bonds is 4. The Hall–Kier alpha value is -4.31. The summed E-state index contributed by atoms with van der Waals surface area (Å²) < 4.78 is 24.9. The van der Waals surface area contributed by atoms with Crippen molar-refractivity contribution in [1.29, 1.82) is 0 Å². The summed E-state index contributed by atoms with van der Waals surface area (Å²) in [6.45, 7) is 9.70. The molecular weight excluding hydrogens is 509 g/mol. The lowest BCUT2D eigenvalue weighted by Crippen LogP contribution is -2.37. The van der Waals surface area contributed by atoms with Crippen molar-refractivity contribution in [2.45, 2.75) is 26.8 Å². The van der Waals surface area contributed by atoms with E-state index >= 15 is 0 Å². The molecule has 1 fully saturated rings. The average Bonchev–Trinajstić information content (AvgIpc) is 3.43. The molecule has 1 saturated heterocycles. The van der Waals surface area contributed by atoms with Crippen LogP contribution in [0.3, 0.4) is 0 Å². The number of aliphatic imine (C=N–C) groups is 1. The van der Waals surface area contributed by atoms with Crippen molar-refractivity contribution in [3.63, 3.8) is 0 Å². The van der Waals surface area contributed by atoms with E-state index in [0.29, 0.717) is 37.4 Å². The van der Waals surface area contributed by atoms with Gasteiger partial charge in [0.25, 0.3) is 5.89 Å². The molecule has 1 atom stereocenters. The van der Waals surface area contributed by atoms with Gasteiger partial charge in [0.15, 0.2) is 0 Å². The molecule has 10 heteroatoms. The minimum absolute atomic E-state index is 0.122. The number of fused-ring (bicyclic) bond motifs is 1. The highest BCUT2D eigenvalue weighted by Crippen LogP contribution is 2.29. The van der Waals surface area contributed by atoms with Crippen LogP contribution in [-0.2, 0) is 4.74 Å². The first-order valence-electron chi connectivity index (χ1n) is 13.6. The maximum atomic E-state index is 14.0. The summed E-state index contributed by atoms with van der Waals surface area (Å²) in [6.07, 6.45) is 1.77. The van der Waals surface area contributed by atoms with E-state index in [2.05, 4.69) is 35.7 Å². The fraction of sp³-hybridized carbons (Fsp3) is 0.333. The number of nitrogens with zero attached hydrogens (tertiary/aromatic N) is 5. The monoisotopic (exact) mass is 545 g/mol. The number of halogens is 1. The van der Waals surface area contributed by atoms with Crippen LogP contribution in [0, 0.1) is 5.82 Å². The zero-order valence-corrected chi connectivity index (χ0v) is 23.4. The molecule has 4 aromatic rings. The maximum absolute atomic E-state index is 14.0. The Kier molecular flexibility index (Phi) is 10.2. The van der Waals surface area contributed by atoms with E-state index in [1.165, 1.54) is 6.07 Å². The van der Waals surface area contributed by atoms with Crippen LogP contribution in [0.4, 0.5) is 21.9 Å². The summed E-state index contributed by atoms with van der Waals surface area (Å²) in [6, 6.07) is 19.3. The molecule has 0 bridgehead atoms. The van der Waals surface area contributed by atoms with Gasteiger partial charge in [-0.25, -0.2) is 9.37 Å². The number of benzene rings is 2. The van der Waals surface area contributed by atoms with Gasteiger partial charge in [-0.15, -0.1) is 5.10 Å². The van der Waals surface area contributed by atoms with Crippen molar-refractivity contribution in [2.75, 3.05) is 55.4 Å². The maximum Gasteiger partial charge on any atom is 0.315 e. The molecule has 40 heavy (non-hydrogen) atoms. The SMILES string of the molecule is CC.CC1CN=C(c2ccccc2)c2cccc(F)c2N1.CNc1nnc(-c2cccnc2N2CCOCC2)o1. The van der Waals surface area contributed by atoms with Gasteiger partial charge in [0.05, 0.1) is 36.7 Å². The Morgan fingerprint density at radius 2 is 1.70 bits per heavy atom. The third-order valence-electron chi connectivity index (χ3n) is 6.20. The van der Waals surface area contributed by atoms with Gasteiger partial charge in [-0.2, -0.15) is 0 Å². The number of benzodiazepines with no additional fused rings is 1. The van der Waals surface area contributed by atoms with Crippen molar-refractivity contribution in [3.05, 3.63) is 83.8 Å². The van der Waals surface area contributed by atoms with Crippen LogP contribution in [0.1, 0.15) is 31.9 Å². The van der Waals surface area contributed by atoms with E-state index in [0.717, 1.165) is 41.3 Å². The first kappa shape index (κ1) is 28.7. The topological polar surface area (TPSA) is 101 Å². The van der Waals surface area contributed by atoms with Crippen LogP contribution in [0.25, 0.3) is 11.5 Å². The van der Waals surface area contributed by atoms with Gasteiger partial charge in [-0.3, -0.25) is 4.99 Å². The molecule has 2 aromatic carbocycles. The van der Waals surface area contributed by atoms with Crippen LogP contribution in [0.15, 0.2) is 76.3 Å². The lowest BCUT2D eigenvalue weighted by atomic mass is 10.0.